The number of aromatic nitrogens is 4. The van der Waals surface area contributed by atoms with Gasteiger partial charge in [-0.25, -0.2) is 4.68 Å². The number of anilines is 3. The third kappa shape index (κ3) is 3.59. The molecule has 6 aromatic rings. The highest BCUT2D eigenvalue weighted by Crippen LogP contribution is 2.50. The van der Waals surface area contributed by atoms with Crippen LogP contribution in [0.25, 0.3) is 39.3 Å². The van der Waals surface area contributed by atoms with Crippen LogP contribution in [0.15, 0.2) is 116 Å². The fourth-order valence-electron chi connectivity index (χ4n) is 5.41. The van der Waals surface area contributed by atoms with Crippen molar-refractivity contribution in [1.82, 2.24) is 19.7 Å². The van der Waals surface area contributed by atoms with Gasteiger partial charge in [-0.3, -0.25) is 9.97 Å². The van der Waals surface area contributed by atoms with Crippen LogP contribution < -0.4 is 4.90 Å². The number of nitrogens with zero attached hydrogens (tertiary/aromatic N) is 5. The molecule has 0 N–H and O–H groups in total. The summed E-state index contributed by atoms with van der Waals surface area (Å²) in [6, 6.07) is 36.0. The van der Waals surface area contributed by atoms with Gasteiger partial charge in [-0.15, -0.1) is 0 Å². The van der Waals surface area contributed by atoms with Crippen LogP contribution in [0.1, 0.15) is 11.4 Å². The molecule has 0 unspecified atom stereocenters. The average molecular weight is 492 g/mol. The van der Waals surface area contributed by atoms with Crippen molar-refractivity contribution in [2.75, 3.05) is 4.90 Å². The predicted octanol–water partition coefficient (Wildman–Crippen LogP) is 8.06. The van der Waals surface area contributed by atoms with E-state index in [1.807, 2.05) is 48.3 Å². The second-order valence-corrected chi connectivity index (χ2v) is 9.56. The molecule has 0 atom stereocenters. The molecule has 0 saturated heterocycles. The molecule has 5 nitrogen and oxygen atoms in total. The molecule has 0 spiro atoms. The van der Waals surface area contributed by atoms with E-state index >= 15 is 0 Å². The molecule has 5 heteroatoms. The first-order valence-corrected chi connectivity index (χ1v) is 12.7. The minimum atomic E-state index is 0.944. The van der Waals surface area contributed by atoms with Crippen molar-refractivity contribution < 1.29 is 0 Å². The van der Waals surface area contributed by atoms with Gasteiger partial charge in [-0.05, 0) is 74.5 Å². The van der Waals surface area contributed by atoms with Crippen LogP contribution in [-0.4, -0.2) is 19.7 Å². The molecule has 0 bridgehead atoms. The molecule has 3 aromatic carbocycles. The third-order valence-corrected chi connectivity index (χ3v) is 7.04. The minimum Gasteiger partial charge on any atom is -0.309 e. The number of aryl methyl sites for hydroxylation is 2. The van der Waals surface area contributed by atoms with E-state index in [4.69, 9.17) is 10.1 Å². The summed E-state index contributed by atoms with van der Waals surface area (Å²) < 4.78 is 2.01. The molecule has 3 aromatic heterocycles. The zero-order valence-corrected chi connectivity index (χ0v) is 21.2. The maximum Gasteiger partial charge on any atom is 0.0802 e. The van der Waals surface area contributed by atoms with Crippen LogP contribution in [0.2, 0.25) is 0 Å². The van der Waals surface area contributed by atoms with E-state index in [-0.39, 0.29) is 0 Å². The Morgan fingerprint density at radius 1 is 0.579 bits per heavy atom. The fourth-order valence-corrected chi connectivity index (χ4v) is 5.41. The van der Waals surface area contributed by atoms with Crippen LogP contribution >= 0.6 is 0 Å². The molecule has 182 valence electrons. The maximum absolute atomic E-state index is 4.88. The molecule has 0 saturated carbocycles. The molecule has 7 rings (SSSR count). The monoisotopic (exact) mass is 491 g/mol. The van der Waals surface area contributed by atoms with Gasteiger partial charge in [0.15, 0.2) is 0 Å². The molecule has 1 aliphatic rings. The van der Waals surface area contributed by atoms with Crippen LogP contribution in [0.3, 0.4) is 0 Å². The summed E-state index contributed by atoms with van der Waals surface area (Å²) >= 11 is 0. The van der Waals surface area contributed by atoms with Crippen LogP contribution in [-0.2, 0) is 0 Å². The zero-order chi connectivity index (χ0) is 25.6. The maximum atomic E-state index is 4.88. The lowest BCUT2D eigenvalue weighted by Gasteiger charge is -2.28. The first-order valence-electron chi connectivity index (χ1n) is 12.7. The van der Waals surface area contributed by atoms with E-state index in [2.05, 4.69) is 95.7 Å². The molecular weight excluding hydrogens is 466 g/mol. The summed E-state index contributed by atoms with van der Waals surface area (Å²) in [5.41, 5.74) is 12.6. The molecule has 0 amide bonds. The van der Waals surface area contributed by atoms with Crippen molar-refractivity contribution in [3.63, 3.8) is 0 Å². The molecule has 0 fully saturated rings. The van der Waals surface area contributed by atoms with Gasteiger partial charge in [-0.2, -0.15) is 5.10 Å². The Balaban J connectivity index is 1.53. The van der Waals surface area contributed by atoms with Gasteiger partial charge in [0.05, 0.1) is 34.1 Å². The standard InChI is InChI=1S/C33H25N5/c1-22-19-23(2)38(36-22)26-15-16-29-32(21-26)37(25-10-7-9-24(20-25)30-13-5-6-17-34-30)31-14-4-3-11-27(31)28-12-8-18-35-33(28)29/h3-21H,1-2H3. The van der Waals surface area contributed by atoms with E-state index in [0.29, 0.717) is 0 Å². The van der Waals surface area contributed by atoms with Crippen LogP contribution in [0.5, 0.6) is 0 Å². The number of pyridine rings is 2. The number of rotatable bonds is 3. The molecule has 0 aliphatic carbocycles. The summed E-state index contributed by atoms with van der Waals surface area (Å²) in [6.45, 7) is 4.12. The second kappa shape index (κ2) is 8.82. The lowest BCUT2D eigenvalue weighted by Crippen LogP contribution is -2.12. The third-order valence-electron chi connectivity index (χ3n) is 7.04. The first-order chi connectivity index (χ1) is 18.7. The second-order valence-electron chi connectivity index (χ2n) is 9.56. The van der Waals surface area contributed by atoms with E-state index in [9.17, 15) is 0 Å². The molecule has 0 radical (unpaired) electrons. The number of benzene rings is 3. The predicted molar refractivity (Wildman–Crippen MR) is 153 cm³/mol. The van der Waals surface area contributed by atoms with Gasteiger partial charge in [0.1, 0.15) is 0 Å². The number of para-hydroxylation sites is 1. The minimum absolute atomic E-state index is 0.944. The van der Waals surface area contributed by atoms with Crippen molar-refractivity contribution in [3.8, 4) is 39.3 Å². The van der Waals surface area contributed by atoms with Crippen molar-refractivity contribution in [3.05, 3.63) is 127 Å². The Labute approximate surface area is 221 Å². The van der Waals surface area contributed by atoms with Crippen molar-refractivity contribution in [1.29, 1.82) is 0 Å². The Bertz CT molecular complexity index is 1800. The van der Waals surface area contributed by atoms with E-state index < -0.39 is 0 Å². The average Bonchev–Trinajstić information content (AvgIpc) is 3.25. The Morgan fingerprint density at radius 2 is 1.42 bits per heavy atom. The van der Waals surface area contributed by atoms with E-state index in [1.54, 1.807) is 0 Å². The number of hydrogen-bond acceptors (Lipinski definition) is 4. The summed E-state index contributed by atoms with van der Waals surface area (Å²) in [5.74, 6) is 0. The first kappa shape index (κ1) is 22.2. The number of hydrogen-bond donors (Lipinski definition) is 0. The summed E-state index contributed by atoms with van der Waals surface area (Å²) in [7, 11) is 0. The van der Waals surface area contributed by atoms with E-state index in [0.717, 1.165) is 67.8 Å². The van der Waals surface area contributed by atoms with Crippen LogP contribution in [0, 0.1) is 13.8 Å². The fraction of sp³-hybridized carbons (Fsp3) is 0.0606. The molecule has 1 aliphatic heterocycles. The molecule has 38 heavy (non-hydrogen) atoms. The van der Waals surface area contributed by atoms with Gasteiger partial charge >= 0.3 is 0 Å². The van der Waals surface area contributed by atoms with Crippen molar-refractivity contribution in [2.45, 2.75) is 13.8 Å². The van der Waals surface area contributed by atoms with Gasteiger partial charge < -0.3 is 4.90 Å². The quantitative estimate of drug-likeness (QED) is 0.251. The van der Waals surface area contributed by atoms with Gasteiger partial charge in [-0.1, -0.05) is 42.5 Å². The normalized spacial score (nSPS) is 11.9. The summed E-state index contributed by atoms with van der Waals surface area (Å²) in [4.78, 5) is 11.8. The lowest BCUT2D eigenvalue weighted by molar-refractivity contribution is 0.833. The number of fused-ring (bicyclic) bond motifs is 5. The molecular formula is C33H25N5. The Kier molecular flexibility index (Phi) is 5.15. The Hall–Kier alpha value is -5.03. The van der Waals surface area contributed by atoms with Crippen molar-refractivity contribution >= 4 is 17.1 Å². The topological polar surface area (TPSA) is 46.8 Å². The summed E-state index contributed by atoms with van der Waals surface area (Å²) in [6.07, 6.45) is 3.71. The zero-order valence-electron chi connectivity index (χ0n) is 21.2. The van der Waals surface area contributed by atoms with Crippen molar-refractivity contribution in [2.24, 2.45) is 0 Å². The highest BCUT2D eigenvalue weighted by atomic mass is 15.3. The highest BCUT2D eigenvalue weighted by molar-refractivity contribution is 6.01. The highest BCUT2D eigenvalue weighted by Gasteiger charge is 2.27. The Morgan fingerprint density at radius 3 is 2.26 bits per heavy atom. The van der Waals surface area contributed by atoms with E-state index in [1.165, 1.54) is 0 Å². The van der Waals surface area contributed by atoms with Crippen LogP contribution in [0.4, 0.5) is 17.1 Å². The van der Waals surface area contributed by atoms with Gasteiger partial charge in [0.2, 0.25) is 0 Å². The van der Waals surface area contributed by atoms with Gasteiger partial charge in [0, 0.05) is 46.0 Å². The molecule has 4 heterocycles. The SMILES string of the molecule is Cc1cc(C)n(-c2ccc3c(c2)N(c2cccc(-c4ccccn4)c2)c2ccccc2-c2cccnc2-3)n1. The lowest BCUT2D eigenvalue weighted by atomic mass is 9.99. The summed E-state index contributed by atoms with van der Waals surface area (Å²) in [5, 5.41) is 4.77. The largest absolute Gasteiger partial charge is 0.309 e. The van der Waals surface area contributed by atoms with Gasteiger partial charge in [0.25, 0.3) is 0 Å². The smallest absolute Gasteiger partial charge is 0.0802 e.